The summed E-state index contributed by atoms with van der Waals surface area (Å²) >= 11 is 0. The maximum absolute atomic E-state index is 11.9. The zero-order valence-electron chi connectivity index (χ0n) is 24.3. The van der Waals surface area contributed by atoms with Crippen LogP contribution in [0.3, 0.4) is 0 Å². The molecule has 0 saturated carbocycles. The highest BCUT2D eigenvalue weighted by atomic mass is 16.8. The number of nitrogens with one attached hydrogen (secondary N) is 2. The molecule has 234 valence electrons. The zero-order valence-corrected chi connectivity index (χ0v) is 24.3. The molecule has 1 aromatic carbocycles. The van der Waals surface area contributed by atoms with Gasteiger partial charge in [-0.25, -0.2) is 4.79 Å². The van der Waals surface area contributed by atoms with Gasteiger partial charge < -0.3 is 48.5 Å². The minimum Gasteiger partial charge on any atom is -0.445 e. The first-order chi connectivity index (χ1) is 20.3. The summed E-state index contributed by atoms with van der Waals surface area (Å²) in [7, 11) is 0. The van der Waals surface area contributed by atoms with Crippen molar-refractivity contribution in [3.05, 3.63) is 46.3 Å². The quantitative estimate of drug-likeness (QED) is 0.110. The molecule has 2 heterocycles. The summed E-state index contributed by atoms with van der Waals surface area (Å²) in [6.45, 7) is 7.72. The monoisotopic (exact) mass is 595 g/mol. The van der Waals surface area contributed by atoms with Gasteiger partial charge >= 0.3 is 6.09 Å². The Labute approximate surface area is 245 Å². The van der Waals surface area contributed by atoms with E-state index in [4.69, 9.17) is 43.4 Å². The zero-order chi connectivity index (χ0) is 30.2. The molecule has 3 rings (SSSR count). The SMILES string of the molecule is CC(=O)N[C@H]1C(OCCOCCOCCOCCNC(=O)OCc2ccccc2)O[C@H](CN=[N+]=[N-])[C@@H]2OC(C)(C)O[C@@H]21. The molecule has 2 fully saturated rings. The van der Waals surface area contributed by atoms with Crippen molar-refractivity contribution >= 4 is 12.0 Å². The van der Waals surface area contributed by atoms with Gasteiger partial charge in [-0.05, 0) is 24.9 Å². The van der Waals surface area contributed by atoms with Crippen molar-refractivity contribution < 1.29 is 47.5 Å². The highest BCUT2D eigenvalue weighted by Crippen LogP contribution is 2.38. The van der Waals surface area contributed by atoms with Gasteiger partial charge in [0, 0.05) is 18.4 Å². The van der Waals surface area contributed by atoms with E-state index in [0.29, 0.717) is 39.6 Å². The molecule has 15 heteroatoms. The molecule has 0 radical (unpaired) electrons. The van der Waals surface area contributed by atoms with E-state index in [9.17, 15) is 9.59 Å². The molecule has 1 unspecified atom stereocenters. The Balaban J connectivity index is 1.23. The van der Waals surface area contributed by atoms with Crippen molar-refractivity contribution in [1.29, 1.82) is 0 Å². The first-order valence-corrected chi connectivity index (χ1v) is 13.9. The minimum absolute atomic E-state index is 0.0269. The summed E-state index contributed by atoms with van der Waals surface area (Å²) < 4.78 is 45.5. The number of nitrogens with zero attached hydrogens (tertiary/aromatic N) is 3. The first-order valence-electron chi connectivity index (χ1n) is 13.9. The molecular formula is C27H41N5O10. The molecule has 2 aliphatic heterocycles. The third-order valence-electron chi connectivity index (χ3n) is 6.16. The number of ether oxygens (including phenoxy) is 8. The Hall–Kier alpha value is -3.01. The Bertz CT molecular complexity index is 1010. The van der Waals surface area contributed by atoms with Crippen molar-refractivity contribution in [3.8, 4) is 0 Å². The average Bonchev–Trinajstić information content (AvgIpc) is 3.30. The molecule has 2 saturated heterocycles. The maximum Gasteiger partial charge on any atom is 0.407 e. The van der Waals surface area contributed by atoms with E-state index < -0.39 is 42.5 Å². The summed E-state index contributed by atoms with van der Waals surface area (Å²) in [4.78, 5) is 26.4. The fourth-order valence-corrected chi connectivity index (χ4v) is 4.43. The highest BCUT2D eigenvalue weighted by Gasteiger charge is 2.55. The van der Waals surface area contributed by atoms with Crippen molar-refractivity contribution in [2.24, 2.45) is 5.11 Å². The molecule has 2 aliphatic rings. The molecule has 2 N–H and O–H groups in total. The van der Waals surface area contributed by atoms with Gasteiger partial charge in [0.1, 0.15) is 24.9 Å². The van der Waals surface area contributed by atoms with Crippen LogP contribution >= 0.6 is 0 Å². The number of rotatable bonds is 18. The minimum atomic E-state index is -0.902. The highest BCUT2D eigenvalue weighted by molar-refractivity contribution is 5.73. The largest absolute Gasteiger partial charge is 0.445 e. The fourth-order valence-electron chi connectivity index (χ4n) is 4.43. The van der Waals surface area contributed by atoms with E-state index in [1.807, 2.05) is 30.3 Å². The summed E-state index contributed by atoms with van der Waals surface area (Å²) in [6.07, 6.45) is -3.06. The lowest BCUT2D eigenvalue weighted by atomic mass is 9.96. The smallest absolute Gasteiger partial charge is 0.407 e. The van der Waals surface area contributed by atoms with Crippen LogP contribution in [0.25, 0.3) is 10.4 Å². The van der Waals surface area contributed by atoms with Gasteiger partial charge in [-0.3, -0.25) is 4.79 Å². The Morgan fingerprint density at radius 1 is 0.976 bits per heavy atom. The molecular weight excluding hydrogens is 554 g/mol. The number of hydrogen-bond donors (Lipinski definition) is 2. The molecule has 5 atom stereocenters. The van der Waals surface area contributed by atoms with Crippen LogP contribution < -0.4 is 10.6 Å². The standard InChI is InChI=1S/C27H41N5O10/c1-19(33)31-22-24-23(41-27(2,3)42-24)21(17-30-32-28)40-25(22)38-16-15-37-14-13-36-12-11-35-10-9-29-26(34)39-18-20-7-5-4-6-8-20/h4-8,21-25H,9-18H2,1-3H3,(H,29,34)(H,31,33)/t21-,22-,23+,24-,25?/m1/s1. The van der Waals surface area contributed by atoms with Crippen molar-refractivity contribution in [2.45, 2.75) is 63.8 Å². The third kappa shape index (κ3) is 11.7. The molecule has 42 heavy (non-hydrogen) atoms. The Morgan fingerprint density at radius 2 is 1.62 bits per heavy atom. The number of alkyl carbamates (subject to hydrolysis) is 1. The molecule has 0 spiro atoms. The summed E-state index contributed by atoms with van der Waals surface area (Å²) in [5.74, 6) is -1.17. The number of azide groups is 1. The number of amides is 2. The van der Waals surface area contributed by atoms with E-state index >= 15 is 0 Å². The van der Waals surface area contributed by atoms with Crippen LogP contribution in [-0.2, 0) is 49.3 Å². The number of carbonyl (C=O) groups excluding carboxylic acids is 2. The second-order valence-corrected chi connectivity index (χ2v) is 9.94. The molecule has 0 aromatic heterocycles. The molecule has 0 bridgehead atoms. The maximum atomic E-state index is 11.9. The van der Waals surface area contributed by atoms with Gasteiger partial charge in [0.25, 0.3) is 0 Å². The van der Waals surface area contributed by atoms with Crippen LogP contribution in [0.5, 0.6) is 0 Å². The van der Waals surface area contributed by atoms with E-state index in [-0.39, 0.29) is 32.3 Å². The number of benzene rings is 1. The Kier molecular flexibility index (Phi) is 14.2. The van der Waals surface area contributed by atoms with Crippen LogP contribution in [0.4, 0.5) is 4.79 Å². The number of carbonyl (C=O) groups is 2. The number of fused-ring (bicyclic) bond motifs is 1. The van der Waals surface area contributed by atoms with Gasteiger partial charge in [0.05, 0.1) is 58.9 Å². The van der Waals surface area contributed by atoms with E-state index in [2.05, 4.69) is 20.7 Å². The fraction of sp³-hybridized carbons (Fsp3) is 0.704. The van der Waals surface area contributed by atoms with Crippen LogP contribution in [-0.4, -0.2) is 108 Å². The topological polar surface area (TPSA) is 181 Å². The van der Waals surface area contributed by atoms with Crippen molar-refractivity contribution in [3.63, 3.8) is 0 Å². The molecule has 15 nitrogen and oxygen atoms in total. The molecule has 2 amide bonds. The number of hydrogen-bond acceptors (Lipinski definition) is 11. The lowest BCUT2D eigenvalue weighted by Crippen LogP contribution is -2.63. The van der Waals surface area contributed by atoms with Gasteiger partial charge in [-0.1, -0.05) is 35.4 Å². The van der Waals surface area contributed by atoms with Crippen molar-refractivity contribution in [2.75, 3.05) is 59.3 Å². The third-order valence-corrected chi connectivity index (χ3v) is 6.16. The Morgan fingerprint density at radius 3 is 2.29 bits per heavy atom. The predicted octanol–water partition coefficient (Wildman–Crippen LogP) is 2.04. The van der Waals surface area contributed by atoms with Crippen LogP contribution in [0, 0.1) is 0 Å². The van der Waals surface area contributed by atoms with Crippen LogP contribution in [0.2, 0.25) is 0 Å². The van der Waals surface area contributed by atoms with E-state index in [0.717, 1.165) is 5.56 Å². The summed E-state index contributed by atoms with van der Waals surface area (Å²) in [6, 6.07) is 8.80. The van der Waals surface area contributed by atoms with Gasteiger partial charge in [-0.15, -0.1) is 0 Å². The summed E-state index contributed by atoms with van der Waals surface area (Å²) in [5.41, 5.74) is 9.68. The lowest BCUT2D eigenvalue weighted by molar-refractivity contribution is -0.244. The van der Waals surface area contributed by atoms with E-state index in [1.54, 1.807) is 13.8 Å². The lowest BCUT2D eigenvalue weighted by Gasteiger charge is -2.41. The van der Waals surface area contributed by atoms with Gasteiger partial charge in [0.2, 0.25) is 5.91 Å². The van der Waals surface area contributed by atoms with Gasteiger partial charge in [0.15, 0.2) is 12.1 Å². The molecule has 1 aromatic rings. The first kappa shape index (κ1) is 33.5. The van der Waals surface area contributed by atoms with Gasteiger partial charge in [-0.2, -0.15) is 0 Å². The van der Waals surface area contributed by atoms with E-state index in [1.165, 1.54) is 6.92 Å². The summed E-state index contributed by atoms with van der Waals surface area (Å²) in [5, 5.41) is 9.08. The average molecular weight is 596 g/mol. The van der Waals surface area contributed by atoms with Crippen molar-refractivity contribution in [1.82, 2.24) is 10.6 Å². The normalized spacial score (nSPS) is 24.3. The second-order valence-electron chi connectivity index (χ2n) is 9.94. The van der Waals surface area contributed by atoms with Crippen LogP contribution in [0.1, 0.15) is 26.3 Å². The van der Waals surface area contributed by atoms with Crippen LogP contribution in [0.15, 0.2) is 35.4 Å². The predicted molar refractivity (Wildman–Crippen MR) is 147 cm³/mol. The molecule has 0 aliphatic carbocycles. The second kappa shape index (κ2) is 17.8.